The van der Waals surface area contributed by atoms with Crippen molar-refractivity contribution in [3.63, 3.8) is 0 Å². The molecule has 0 aliphatic heterocycles. The van der Waals surface area contributed by atoms with E-state index in [1.165, 1.54) is 17.5 Å². The Kier molecular flexibility index (Phi) is 2.22. The quantitative estimate of drug-likeness (QED) is 0.634. The van der Waals surface area contributed by atoms with Crippen molar-refractivity contribution < 1.29 is 9.90 Å². The van der Waals surface area contributed by atoms with Crippen LogP contribution < -0.4 is 5.73 Å². The fourth-order valence-corrected chi connectivity index (χ4v) is 1.25. The standard InChI is InChI=1S/C6H6N2O2S/c7-3-4(6(9)10)5-8-1-2-11-5/h1-3H,7H2,(H,9,10). The van der Waals surface area contributed by atoms with Gasteiger partial charge in [0.15, 0.2) is 0 Å². The van der Waals surface area contributed by atoms with E-state index >= 15 is 0 Å². The van der Waals surface area contributed by atoms with E-state index in [9.17, 15) is 4.79 Å². The van der Waals surface area contributed by atoms with Crippen LogP contribution in [0.4, 0.5) is 0 Å². The van der Waals surface area contributed by atoms with Crippen molar-refractivity contribution >= 4 is 22.9 Å². The molecule has 0 spiro atoms. The summed E-state index contributed by atoms with van der Waals surface area (Å²) < 4.78 is 0. The van der Waals surface area contributed by atoms with Crippen LogP contribution in [0.3, 0.4) is 0 Å². The zero-order valence-electron chi connectivity index (χ0n) is 5.52. The highest BCUT2D eigenvalue weighted by Crippen LogP contribution is 2.15. The van der Waals surface area contributed by atoms with Crippen molar-refractivity contribution in [3.8, 4) is 0 Å². The van der Waals surface area contributed by atoms with E-state index in [4.69, 9.17) is 10.8 Å². The normalized spacial score (nSPS) is 11.5. The predicted molar refractivity (Wildman–Crippen MR) is 41.9 cm³/mol. The Hall–Kier alpha value is -1.36. The zero-order valence-corrected chi connectivity index (χ0v) is 6.34. The predicted octanol–water partition coefficient (Wildman–Crippen LogP) is 0.527. The van der Waals surface area contributed by atoms with Gasteiger partial charge in [-0.15, -0.1) is 11.3 Å². The molecule has 1 aromatic heterocycles. The lowest BCUT2D eigenvalue weighted by Crippen LogP contribution is -2.01. The number of nitrogens with two attached hydrogens (primary N) is 1. The first-order chi connectivity index (χ1) is 5.25. The van der Waals surface area contributed by atoms with Gasteiger partial charge in [0, 0.05) is 17.8 Å². The van der Waals surface area contributed by atoms with Crippen LogP contribution in [-0.4, -0.2) is 16.1 Å². The highest BCUT2D eigenvalue weighted by molar-refractivity contribution is 7.11. The van der Waals surface area contributed by atoms with Crippen molar-refractivity contribution in [3.05, 3.63) is 22.8 Å². The van der Waals surface area contributed by atoms with E-state index in [2.05, 4.69) is 4.98 Å². The first-order valence-corrected chi connectivity index (χ1v) is 3.68. The Balaban J connectivity index is 2.99. The first kappa shape index (κ1) is 7.74. The van der Waals surface area contributed by atoms with Crippen molar-refractivity contribution in [1.82, 2.24) is 4.98 Å². The fourth-order valence-electron chi connectivity index (χ4n) is 0.591. The minimum absolute atomic E-state index is 0.0417. The molecule has 1 aromatic rings. The van der Waals surface area contributed by atoms with Crippen molar-refractivity contribution in [1.29, 1.82) is 0 Å². The summed E-state index contributed by atoms with van der Waals surface area (Å²) in [7, 11) is 0. The van der Waals surface area contributed by atoms with Crippen molar-refractivity contribution in [2.75, 3.05) is 0 Å². The zero-order chi connectivity index (χ0) is 8.27. The van der Waals surface area contributed by atoms with Crippen LogP contribution in [0, 0.1) is 0 Å². The van der Waals surface area contributed by atoms with Crippen LogP contribution in [0.2, 0.25) is 0 Å². The summed E-state index contributed by atoms with van der Waals surface area (Å²) in [4.78, 5) is 14.2. The third kappa shape index (κ3) is 1.56. The van der Waals surface area contributed by atoms with Gasteiger partial charge in [-0.2, -0.15) is 0 Å². The van der Waals surface area contributed by atoms with E-state index in [0.29, 0.717) is 5.01 Å². The summed E-state index contributed by atoms with van der Waals surface area (Å²) in [5, 5.41) is 10.7. The summed E-state index contributed by atoms with van der Waals surface area (Å²) in [6.45, 7) is 0. The minimum Gasteiger partial charge on any atom is -0.478 e. The minimum atomic E-state index is -1.05. The third-order valence-corrected chi connectivity index (χ3v) is 1.87. The number of rotatable bonds is 2. The van der Waals surface area contributed by atoms with Gasteiger partial charge < -0.3 is 10.8 Å². The van der Waals surface area contributed by atoms with E-state index < -0.39 is 5.97 Å². The molecule has 0 radical (unpaired) electrons. The molecule has 5 heteroatoms. The van der Waals surface area contributed by atoms with Gasteiger partial charge in [0.1, 0.15) is 10.6 Å². The van der Waals surface area contributed by atoms with Crippen LogP contribution in [0.5, 0.6) is 0 Å². The number of hydrogen-bond donors (Lipinski definition) is 2. The molecule has 0 aliphatic carbocycles. The molecule has 11 heavy (non-hydrogen) atoms. The van der Waals surface area contributed by atoms with E-state index in [-0.39, 0.29) is 5.57 Å². The second-order valence-corrected chi connectivity index (χ2v) is 2.62. The molecule has 0 saturated heterocycles. The van der Waals surface area contributed by atoms with E-state index in [0.717, 1.165) is 6.20 Å². The molecule has 0 amide bonds. The highest BCUT2D eigenvalue weighted by Gasteiger charge is 2.10. The van der Waals surface area contributed by atoms with Gasteiger partial charge in [-0.1, -0.05) is 0 Å². The Bertz CT molecular complexity index is 279. The third-order valence-electron chi connectivity index (χ3n) is 1.06. The van der Waals surface area contributed by atoms with E-state index in [1.807, 2.05) is 0 Å². The summed E-state index contributed by atoms with van der Waals surface area (Å²) in [5.74, 6) is -1.05. The Morgan fingerprint density at radius 2 is 2.55 bits per heavy atom. The molecule has 0 unspecified atom stereocenters. The van der Waals surface area contributed by atoms with Crippen LogP contribution in [0.1, 0.15) is 5.01 Å². The van der Waals surface area contributed by atoms with Crippen LogP contribution >= 0.6 is 11.3 Å². The molecule has 1 heterocycles. The maximum absolute atomic E-state index is 10.4. The molecule has 0 fully saturated rings. The largest absolute Gasteiger partial charge is 0.478 e. The van der Waals surface area contributed by atoms with Crippen molar-refractivity contribution in [2.24, 2.45) is 5.73 Å². The lowest BCUT2D eigenvalue weighted by atomic mass is 10.3. The Morgan fingerprint density at radius 3 is 2.91 bits per heavy atom. The van der Waals surface area contributed by atoms with Gasteiger partial charge in [-0.05, 0) is 0 Å². The second-order valence-electron chi connectivity index (χ2n) is 1.72. The van der Waals surface area contributed by atoms with Crippen molar-refractivity contribution in [2.45, 2.75) is 0 Å². The molecular formula is C6H6N2O2S. The van der Waals surface area contributed by atoms with Crippen LogP contribution in [-0.2, 0) is 4.79 Å². The fraction of sp³-hybridized carbons (Fsp3) is 0. The highest BCUT2D eigenvalue weighted by atomic mass is 32.1. The number of nitrogens with zero attached hydrogens (tertiary/aromatic N) is 1. The van der Waals surface area contributed by atoms with Gasteiger partial charge >= 0.3 is 5.97 Å². The smallest absolute Gasteiger partial charge is 0.340 e. The molecule has 0 bridgehead atoms. The summed E-state index contributed by atoms with van der Waals surface area (Å²) in [6, 6.07) is 0. The Labute approximate surface area is 67.0 Å². The number of aliphatic carboxylic acids is 1. The molecule has 3 N–H and O–H groups in total. The molecule has 58 valence electrons. The SMILES string of the molecule is NC=C(C(=O)O)c1nccs1. The van der Waals surface area contributed by atoms with E-state index in [1.54, 1.807) is 5.38 Å². The molecule has 4 nitrogen and oxygen atoms in total. The Morgan fingerprint density at radius 1 is 1.82 bits per heavy atom. The van der Waals surface area contributed by atoms with Gasteiger partial charge in [0.05, 0.1) is 0 Å². The van der Waals surface area contributed by atoms with Crippen LogP contribution in [0.15, 0.2) is 17.8 Å². The molecule has 0 saturated carbocycles. The van der Waals surface area contributed by atoms with Gasteiger partial charge in [-0.25, -0.2) is 9.78 Å². The molecule has 0 aromatic carbocycles. The monoisotopic (exact) mass is 170 g/mol. The molecular weight excluding hydrogens is 164 g/mol. The number of carboxylic acid groups (broad SMARTS) is 1. The lowest BCUT2D eigenvalue weighted by Gasteiger charge is -1.92. The number of carbonyl (C=O) groups is 1. The lowest BCUT2D eigenvalue weighted by molar-refractivity contribution is -0.130. The van der Waals surface area contributed by atoms with Gasteiger partial charge in [-0.3, -0.25) is 0 Å². The van der Waals surface area contributed by atoms with Gasteiger partial charge in [0.2, 0.25) is 0 Å². The number of hydrogen-bond acceptors (Lipinski definition) is 4. The average Bonchev–Trinajstić information content (AvgIpc) is 2.40. The van der Waals surface area contributed by atoms with Crippen LogP contribution in [0.25, 0.3) is 5.57 Å². The number of carboxylic acids is 1. The topological polar surface area (TPSA) is 76.2 Å². The number of thiazole rings is 1. The molecule has 0 aliphatic rings. The first-order valence-electron chi connectivity index (χ1n) is 2.80. The maximum Gasteiger partial charge on any atom is 0.340 e. The molecule has 1 rings (SSSR count). The maximum atomic E-state index is 10.4. The average molecular weight is 170 g/mol. The second kappa shape index (κ2) is 3.16. The molecule has 0 atom stereocenters. The summed E-state index contributed by atoms with van der Waals surface area (Å²) in [6.07, 6.45) is 2.58. The summed E-state index contributed by atoms with van der Waals surface area (Å²) >= 11 is 1.24. The summed E-state index contributed by atoms with van der Waals surface area (Å²) in [5.41, 5.74) is 5.13. The number of aromatic nitrogens is 1. The van der Waals surface area contributed by atoms with Gasteiger partial charge in [0.25, 0.3) is 0 Å².